The molecule has 2 aromatic heterocycles. The first-order valence-corrected chi connectivity index (χ1v) is 19.2. The molecule has 0 amide bonds. The van der Waals surface area contributed by atoms with E-state index in [1.165, 1.54) is 42.2 Å². The van der Waals surface area contributed by atoms with Crippen LogP contribution in [0.1, 0.15) is 76.8 Å². The average Bonchev–Trinajstić information content (AvgIpc) is 3.74. The molecule has 0 spiro atoms. The number of hydrogen-bond donors (Lipinski definition) is 0. The van der Waals surface area contributed by atoms with Crippen molar-refractivity contribution < 1.29 is 20.1 Å². The molecule has 4 aromatic carbocycles. The second kappa shape index (κ2) is 16.5. The van der Waals surface area contributed by atoms with Crippen molar-refractivity contribution in [2.75, 3.05) is 0 Å². The monoisotopic (exact) mass is 748 g/mol. The number of unbranched alkanes of at least 4 members (excludes halogenated alkanes) is 2. The average molecular weight is 750 g/mol. The molecule has 7 heteroatoms. The number of aromatic nitrogens is 3. The molecule has 0 aliphatic heterocycles. The van der Waals surface area contributed by atoms with Gasteiger partial charge in [0.1, 0.15) is 0 Å². The fraction of sp³-hybridized carbons (Fsp3) is 0.304. The van der Waals surface area contributed by atoms with Gasteiger partial charge in [0.2, 0.25) is 0 Å². The molecule has 0 N–H and O–H groups in total. The minimum Gasteiger partial charge on any atom is -0.343 e. The van der Waals surface area contributed by atoms with Crippen LogP contribution in [0, 0.1) is 18.9 Å². The number of aryl methyl sites for hydroxylation is 1. The first-order valence-electron chi connectivity index (χ1n) is 18.7. The normalized spacial score (nSPS) is 14.9. The summed E-state index contributed by atoms with van der Waals surface area (Å²) in [6.45, 7) is 10.9. The topological polar surface area (TPSA) is 72.0 Å². The van der Waals surface area contributed by atoms with E-state index in [1.807, 2.05) is 18.2 Å². The number of allylic oxidation sites excluding steroid dienone is 4. The standard InChI is InChI=1S/C42H40N3O3.C4H9.Ni/c1-5-6-26-45-35(34-18-10-15-30-16-11-19-36(45)37(30)34)25-23-31-22-24-32(38(31)39-40(46)43(3)42(48)44(4)41(39)47)27(2)20-21-29-14-9-13-28-12-7-8-17-33(28)29;1-3-4-2;/h7-16,18-19,23,25,27,46H,5-6,20,22,24,26H2,1-4H3;1,3-4H2,2H3;/q2*-1;/p-1/b31-23+,35-25+;;. The van der Waals surface area contributed by atoms with E-state index < -0.39 is 17.1 Å². The van der Waals surface area contributed by atoms with E-state index in [9.17, 15) is 14.7 Å². The molecule has 53 heavy (non-hydrogen) atoms. The smallest absolute Gasteiger partial charge is 0.0678 e. The summed E-state index contributed by atoms with van der Waals surface area (Å²) in [4.78, 5) is 26.6. The van der Waals surface area contributed by atoms with Gasteiger partial charge in [-0.05, 0) is 0 Å². The van der Waals surface area contributed by atoms with Gasteiger partial charge in [-0.1, -0.05) is 44.9 Å². The van der Waals surface area contributed by atoms with Crippen LogP contribution in [-0.2, 0) is 35.7 Å². The largest absolute Gasteiger partial charge is 0.343 e. The van der Waals surface area contributed by atoms with E-state index in [-0.39, 0.29) is 11.5 Å². The molecule has 0 bridgehead atoms. The number of benzene rings is 4. The Bertz CT molecular complexity index is 2550. The summed E-state index contributed by atoms with van der Waals surface area (Å²) in [5, 5.41) is 20.6. The summed E-state index contributed by atoms with van der Waals surface area (Å²) in [6.07, 6.45) is 10.6. The molecular formula is C46H48N3NiO3-3. The van der Waals surface area contributed by atoms with Gasteiger partial charge in [-0.15, -0.1) is 0 Å². The Morgan fingerprint density at radius 1 is 0.943 bits per heavy atom. The zero-order chi connectivity index (χ0) is 37.8. The van der Waals surface area contributed by atoms with Crippen molar-refractivity contribution in [3.63, 3.8) is 0 Å². The summed E-state index contributed by atoms with van der Waals surface area (Å²) in [5.41, 5.74) is 3.68. The van der Waals surface area contributed by atoms with Crippen LogP contribution in [-0.4, -0.2) is 18.2 Å². The Labute approximate surface area is 319 Å². The van der Waals surface area contributed by atoms with Crippen molar-refractivity contribution in [3.8, 4) is 5.88 Å². The van der Waals surface area contributed by atoms with E-state index in [4.69, 9.17) is 15.0 Å². The Morgan fingerprint density at radius 2 is 1.64 bits per heavy atom. The third kappa shape index (κ3) is 7.29. The number of rotatable bonds is 10. The first-order chi connectivity index (χ1) is 25.6. The predicted molar refractivity (Wildman–Crippen MR) is 216 cm³/mol. The van der Waals surface area contributed by atoms with Crippen molar-refractivity contribution in [2.24, 2.45) is 20.0 Å². The summed E-state index contributed by atoms with van der Waals surface area (Å²) < 4.78 is 5.33. The second-order valence-corrected chi connectivity index (χ2v) is 14.6. The van der Waals surface area contributed by atoms with E-state index >= 15 is 0 Å². The maximum absolute atomic E-state index is 13.8. The van der Waals surface area contributed by atoms with Crippen LogP contribution in [0.4, 0.5) is 0 Å². The van der Waals surface area contributed by atoms with Gasteiger partial charge in [0, 0.05) is 0 Å². The summed E-state index contributed by atoms with van der Waals surface area (Å²) in [7, 11) is 2.88. The fourth-order valence-corrected chi connectivity index (χ4v) is 8.05. The van der Waals surface area contributed by atoms with Gasteiger partial charge in [0.25, 0.3) is 0 Å². The van der Waals surface area contributed by atoms with Crippen LogP contribution in [0.2, 0.25) is 0 Å². The zero-order valence-corrected chi connectivity index (χ0v) is 32.4. The quantitative estimate of drug-likeness (QED) is 0.105. The molecule has 1 unspecified atom stereocenters. The van der Waals surface area contributed by atoms with Crippen molar-refractivity contribution in [2.45, 2.75) is 72.3 Å². The molecule has 6 nitrogen and oxygen atoms in total. The maximum atomic E-state index is 13.8. The van der Waals surface area contributed by atoms with Gasteiger partial charge in [0.05, 0.1) is 0 Å². The van der Waals surface area contributed by atoms with Crippen LogP contribution < -0.4 is 21.7 Å². The van der Waals surface area contributed by atoms with Crippen LogP contribution in [0.15, 0.2) is 99.6 Å². The minimum absolute atomic E-state index is 0.0388. The Morgan fingerprint density at radius 3 is 2.38 bits per heavy atom. The molecular weight excluding hydrogens is 701 g/mol. The molecule has 0 saturated carbocycles. The SMILES string of the molecule is CCCCn1/c(=C/C=C2\CCC(C(C)C[C](=[Ni])c3cccc4ccc[c-]c34)=C2c2c([O-])n(C)c(=O)n(C)c2=O)c2cccc3cccc1c32.[CH2-]CCC. The van der Waals surface area contributed by atoms with Gasteiger partial charge in [-0.3, -0.25) is 0 Å². The van der Waals surface area contributed by atoms with Crippen molar-refractivity contribution >= 4 is 48.6 Å². The van der Waals surface area contributed by atoms with E-state index in [1.54, 1.807) is 0 Å². The van der Waals surface area contributed by atoms with Crippen LogP contribution >= 0.6 is 0 Å². The summed E-state index contributed by atoms with van der Waals surface area (Å²) in [6, 6.07) is 28.3. The molecule has 6 aromatic rings. The van der Waals surface area contributed by atoms with Gasteiger partial charge in [-0.25, -0.2) is 0 Å². The van der Waals surface area contributed by atoms with E-state index in [0.29, 0.717) is 24.8 Å². The van der Waals surface area contributed by atoms with E-state index in [2.05, 4.69) is 105 Å². The molecule has 7 rings (SSSR count). The molecule has 278 valence electrons. The minimum atomic E-state index is -0.627. The van der Waals surface area contributed by atoms with Gasteiger partial charge in [-0.2, -0.15) is 6.42 Å². The Hall–Kier alpha value is -4.74. The molecule has 0 radical (unpaired) electrons. The molecule has 0 saturated heterocycles. The third-order valence-electron chi connectivity index (χ3n) is 10.5. The number of fused-ring (bicyclic) bond motifs is 1. The Balaban J connectivity index is 0.00000114. The molecule has 1 aliphatic rings. The van der Waals surface area contributed by atoms with Crippen LogP contribution in [0.5, 0.6) is 5.88 Å². The van der Waals surface area contributed by atoms with Crippen molar-refractivity contribution in [1.29, 1.82) is 0 Å². The summed E-state index contributed by atoms with van der Waals surface area (Å²) in [5.74, 6) is -0.604. The van der Waals surface area contributed by atoms with Crippen LogP contribution in [0.3, 0.4) is 0 Å². The predicted octanol–water partition coefficient (Wildman–Crippen LogP) is 8.11. The van der Waals surface area contributed by atoms with Crippen molar-refractivity contribution in [3.05, 3.63) is 140 Å². The molecule has 2 heterocycles. The number of hydrogen-bond acceptors (Lipinski definition) is 3. The molecule has 1 aliphatic carbocycles. The first kappa shape index (κ1) is 38.0. The fourth-order valence-electron chi connectivity index (χ4n) is 7.55. The van der Waals surface area contributed by atoms with Gasteiger partial charge >= 0.3 is 263 Å². The van der Waals surface area contributed by atoms with E-state index in [0.717, 1.165) is 72.3 Å². The zero-order valence-electron chi connectivity index (χ0n) is 31.4. The molecule has 1 atom stereocenters. The summed E-state index contributed by atoms with van der Waals surface area (Å²) >= 11 is 5.66. The number of nitrogens with zero attached hydrogens (tertiary/aromatic N) is 3. The molecule has 0 fully saturated rings. The Kier molecular flexibility index (Phi) is 11.8. The third-order valence-corrected chi connectivity index (χ3v) is 10.9. The van der Waals surface area contributed by atoms with Crippen LogP contribution in [0.25, 0.3) is 44.1 Å². The van der Waals surface area contributed by atoms with Crippen molar-refractivity contribution in [1.82, 2.24) is 13.7 Å². The van der Waals surface area contributed by atoms with Gasteiger partial charge < -0.3 is 6.92 Å². The van der Waals surface area contributed by atoms with Gasteiger partial charge in [0.15, 0.2) is 0 Å². The second-order valence-electron chi connectivity index (χ2n) is 14.0. The maximum Gasteiger partial charge on any atom is -0.0678 e.